The van der Waals surface area contributed by atoms with Crippen LogP contribution in [-0.4, -0.2) is 30.8 Å². The van der Waals surface area contributed by atoms with Gasteiger partial charge in [-0.05, 0) is 32.2 Å². The van der Waals surface area contributed by atoms with E-state index in [2.05, 4.69) is 10.3 Å². The van der Waals surface area contributed by atoms with Crippen LogP contribution in [0.2, 0.25) is 0 Å². The van der Waals surface area contributed by atoms with Crippen LogP contribution in [0.1, 0.15) is 43.3 Å². The molecule has 0 spiro atoms. The fourth-order valence-corrected chi connectivity index (χ4v) is 2.73. The van der Waals surface area contributed by atoms with E-state index in [0.29, 0.717) is 12.0 Å². The summed E-state index contributed by atoms with van der Waals surface area (Å²) in [5, 5.41) is 3.47. The Bertz CT molecular complexity index is 352. The van der Waals surface area contributed by atoms with Gasteiger partial charge in [-0.2, -0.15) is 0 Å². The Labute approximate surface area is 102 Å². The molecule has 1 N–H and O–H groups in total. The molecule has 3 rings (SSSR count). The van der Waals surface area contributed by atoms with E-state index in [0.717, 1.165) is 50.7 Å². The van der Waals surface area contributed by atoms with E-state index < -0.39 is 0 Å². The quantitative estimate of drug-likeness (QED) is 0.870. The minimum atomic E-state index is 0.515. The number of rotatable bonds is 3. The number of nitrogens with zero attached hydrogens (tertiary/aromatic N) is 1. The predicted molar refractivity (Wildman–Crippen MR) is 64.0 cm³/mol. The Morgan fingerprint density at radius 3 is 2.94 bits per heavy atom. The van der Waals surface area contributed by atoms with E-state index in [4.69, 9.17) is 9.15 Å². The Morgan fingerprint density at radius 2 is 2.18 bits per heavy atom. The summed E-state index contributed by atoms with van der Waals surface area (Å²) in [4.78, 5) is 4.41. The van der Waals surface area contributed by atoms with Crippen molar-refractivity contribution in [2.45, 2.75) is 44.1 Å². The molecule has 4 nitrogen and oxygen atoms in total. The van der Waals surface area contributed by atoms with Gasteiger partial charge in [-0.25, -0.2) is 4.98 Å². The van der Waals surface area contributed by atoms with Gasteiger partial charge in [0.15, 0.2) is 5.89 Å². The number of aromatic nitrogens is 1. The van der Waals surface area contributed by atoms with Crippen LogP contribution >= 0.6 is 0 Å². The lowest BCUT2D eigenvalue weighted by Gasteiger charge is -2.19. The van der Waals surface area contributed by atoms with Gasteiger partial charge in [0.05, 0.1) is 6.20 Å². The first-order chi connectivity index (χ1) is 8.42. The largest absolute Gasteiger partial charge is 0.445 e. The lowest BCUT2D eigenvalue weighted by Crippen LogP contribution is -2.23. The normalized spacial score (nSPS) is 26.5. The van der Waals surface area contributed by atoms with Gasteiger partial charge in [0, 0.05) is 31.6 Å². The maximum atomic E-state index is 5.88. The first-order valence-corrected chi connectivity index (χ1v) is 6.67. The topological polar surface area (TPSA) is 47.3 Å². The van der Waals surface area contributed by atoms with E-state index in [-0.39, 0.29) is 0 Å². The van der Waals surface area contributed by atoms with Crippen molar-refractivity contribution in [1.29, 1.82) is 0 Å². The van der Waals surface area contributed by atoms with Crippen molar-refractivity contribution in [1.82, 2.24) is 10.3 Å². The highest BCUT2D eigenvalue weighted by atomic mass is 16.5. The molecular formula is C13H20N2O2. The SMILES string of the molecule is c1nc(CC2CCCN2)oc1C1CCOCC1. The number of hydrogen-bond acceptors (Lipinski definition) is 4. The molecule has 3 heterocycles. The summed E-state index contributed by atoms with van der Waals surface area (Å²) in [6.45, 7) is 2.84. The third-order valence-electron chi connectivity index (χ3n) is 3.78. The molecule has 0 aliphatic carbocycles. The minimum absolute atomic E-state index is 0.515. The van der Waals surface area contributed by atoms with Gasteiger partial charge < -0.3 is 14.5 Å². The molecule has 0 bridgehead atoms. The molecule has 1 atom stereocenters. The fourth-order valence-electron chi connectivity index (χ4n) is 2.73. The standard InChI is InChI=1S/C13H20N2O2/c1-2-11(14-5-1)8-13-15-9-12(17-13)10-3-6-16-7-4-10/h9-11,14H,1-8H2. The van der Waals surface area contributed by atoms with Crippen LogP contribution in [0.15, 0.2) is 10.6 Å². The van der Waals surface area contributed by atoms with Crippen molar-refractivity contribution in [2.75, 3.05) is 19.8 Å². The first-order valence-electron chi connectivity index (χ1n) is 6.67. The highest BCUT2D eigenvalue weighted by Crippen LogP contribution is 2.27. The molecule has 0 amide bonds. The van der Waals surface area contributed by atoms with E-state index in [9.17, 15) is 0 Å². The summed E-state index contributed by atoms with van der Waals surface area (Å²) in [6, 6.07) is 0.566. The summed E-state index contributed by atoms with van der Waals surface area (Å²) in [5.41, 5.74) is 0. The minimum Gasteiger partial charge on any atom is -0.445 e. The van der Waals surface area contributed by atoms with Gasteiger partial charge in [0.2, 0.25) is 0 Å². The molecule has 4 heteroatoms. The Kier molecular flexibility index (Phi) is 3.43. The van der Waals surface area contributed by atoms with Crippen molar-refractivity contribution in [3.63, 3.8) is 0 Å². The van der Waals surface area contributed by atoms with Crippen LogP contribution in [0, 0.1) is 0 Å². The third kappa shape index (κ3) is 2.69. The van der Waals surface area contributed by atoms with Crippen molar-refractivity contribution in [3.8, 4) is 0 Å². The number of oxazole rings is 1. The summed E-state index contributed by atoms with van der Waals surface area (Å²) in [5.74, 6) is 2.47. The van der Waals surface area contributed by atoms with Crippen LogP contribution in [0.3, 0.4) is 0 Å². The van der Waals surface area contributed by atoms with Crippen LogP contribution in [0.4, 0.5) is 0 Å². The average molecular weight is 236 g/mol. The molecule has 94 valence electrons. The van der Waals surface area contributed by atoms with Crippen LogP contribution in [0.5, 0.6) is 0 Å². The summed E-state index contributed by atoms with van der Waals surface area (Å²) in [7, 11) is 0. The number of nitrogens with one attached hydrogen (secondary N) is 1. The smallest absolute Gasteiger partial charge is 0.195 e. The molecule has 1 unspecified atom stereocenters. The zero-order valence-corrected chi connectivity index (χ0v) is 10.2. The van der Waals surface area contributed by atoms with E-state index in [1.54, 1.807) is 0 Å². The van der Waals surface area contributed by atoms with Crippen LogP contribution < -0.4 is 5.32 Å². The molecule has 1 aromatic rings. The van der Waals surface area contributed by atoms with Crippen molar-refractivity contribution < 1.29 is 9.15 Å². The Balaban J connectivity index is 1.60. The second-order valence-electron chi connectivity index (χ2n) is 5.04. The molecule has 1 aromatic heterocycles. The van der Waals surface area contributed by atoms with Gasteiger partial charge in [0.1, 0.15) is 5.76 Å². The van der Waals surface area contributed by atoms with Gasteiger partial charge in [-0.3, -0.25) is 0 Å². The van der Waals surface area contributed by atoms with Crippen LogP contribution in [0.25, 0.3) is 0 Å². The molecular weight excluding hydrogens is 216 g/mol. The summed E-state index contributed by atoms with van der Waals surface area (Å²) >= 11 is 0. The lowest BCUT2D eigenvalue weighted by atomic mass is 9.98. The summed E-state index contributed by atoms with van der Waals surface area (Å²) in [6.07, 6.45) is 7.50. The maximum absolute atomic E-state index is 5.88. The zero-order chi connectivity index (χ0) is 11.5. The highest BCUT2D eigenvalue weighted by Gasteiger charge is 2.22. The van der Waals surface area contributed by atoms with Gasteiger partial charge in [-0.1, -0.05) is 0 Å². The molecule has 2 aliphatic rings. The van der Waals surface area contributed by atoms with Gasteiger partial charge >= 0.3 is 0 Å². The molecule has 0 radical (unpaired) electrons. The zero-order valence-electron chi connectivity index (χ0n) is 10.2. The Hall–Kier alpha value is -0.870. The molecule has 2 saturated heterocycles. The maximum Gasteiger partial charge on any atom is 0.195 e. The van der Waals surface area contributed by atoms with Crippen molar-refractivity contribution in [2.24, 2.45) is 0 Å². The summed E-state index contributed by atoms with van der Waals surface area (Å²) < 4.78 is 11.2. The first kappa shape index (κ1) is 11.2. The Morgan fingerprint density at radius 1 is 1.29 bits per heavy atom. The molecule has 0 saturated carbocycles. The van der Waals surface area contributed by atoms with E-state index in [1.165, 1.54) is 12.8 Å². The van der Waals surface area contributed by atoms with E-state index >= 15 is 0 Å². The molecule has 2 aliphatic heterocycles. The third-order valence-corrected chi connectivity index (χ3v) is 3.78. The fraction of sp³-hybridized carbons (Fsp3) is 0.769. The highest BCUT2D eigenvalue weighted by molar-refractivity contribution is 5.03. The average Bonchev–Trinajstić information content (AvgIpc) is 3.02. The number of hydrogen-bond donors (Lipinski definition) is 1. The molecule has 17 heavy (non-hydrogen) atoms. The monoisotopic (exact) mass is 236 g/mol. The van der Waals surface area contributed by atoms with Crippen LogP contribution in [-0.2, 0) is 11.2 Å². The lowest BCUT2D eigenvalue weighted by molar-refractivity contribution is 0.0803. The number of ether oxygens (including phenoxy) is 1. The predicted octanol–water partition coefficient (Wildman–Crippen LogP) is 1.86. The molecule has 0 aromatic carbocycles. The van der Waals surface area contributed by atoms with Crippen molar-refractivity contribution in [3.05, 3.63) is 17.8 Å². The second-order valence-corrected chi connectivity index (χ2v) is 5.04. The van der Waals surface area contributed by atoms with E-state index in [1.807, 2.05) is 6.20 Å². The second kappa shape index (κ2) is 5.19. The van der Waals surface area contributed by atoms with Gasteiger partial charge in [0.25, 0.3) is 0 Å². The van der Waals surface area contributed by atoms with Gasteiger partial charge in [-0.15, -0.1) is 0 Å². The molecule has 2 fully saturated rings. The van der Waals surface area contributed by atoms with Crippen molar-refractivity contribution >= 4 is 0 Å².